The second-order valence-corrected chi connectivity index (χ2v) is 6.18. The van der Waals surface area contributed by atoms with Crippen molar-refractivity contribution < 1.29 is 4.74 Å². The van der Waals surface area contributed by atoms with Gasteiger partial charge in [0.15, 0.2) is 0 Å². The minimum atomic E-state index is 0.578. The van der Waals surface area contributed by atoms with Crippen LogP contribution in [0.5, 0.6) is 5.75 Å². The summed E-state index contributed by atoms with van der Waals surface area (Å²) in [5, 5.41) is 9.68. The summed E-state index contributed by atoms with van der Waals surface area (Å²) < 4.78 is 8.87. The first-order valence-electron chi connectivity index (χ1n) is 8.04. The van der Waals surface area contributed by atoms with Crippen LogP contribution in [0.3, 0.4) is 0 Å². The van der Waals surface area contributed by atoms with Crippen LogP contribution in [0.15, 0.2) is 67.4 Å². The highest BCUT2D eigenvalue weighted by Gasteiger charge is 2.13. The average Bonchev–Trinajstić information content (AvgIpc) is 3.33. The number of aromatic nitrogens is 5. The van der Waals surface area contributed by atoms with Crippen molar-refractivity contribution in [2.24, 2.45) is 0 Å². The Kier molecular flexibility index (Phi) is 4.41. The van der Waals surface area contributed by atoms with E-state index in [4.69, 9.17) is 21.4 Å². The molecular formula is C19H16ClN5O. The molecule has 0 saturated carbocycles. The van der Waals surface area contributed by atoms with Gasteiger partial charge in [-0.15, -0.1) is 0 Å². The zero-order chi connectivity index (χ0) is 17.9. The van der Waals surface area contributed by atoms with Crippen molar-refractivity contribution in [1.29, 1.82) is 0 Å². The summed E-state index contributed by atoms with van der Waals surface area (Å²) in [4.78, 5) is 4.01. The third-order valence-electron chi connectivity index (χ3n) is 4.04. The number of hydrogen-bond donors (Lipinski definition) is 0. The van der Waals surface area contributed by atoms with E-state index in [1.54, 1.807) is 18.1 Å². The maximum absolute atomic E-state index is 5.99. The number of ether oxygens (including phenoxy) is 1. The third kappa shape index (κ3) is 3.32. The third-order valence-corrected chi connectivity index (χ3v) is 4.30. The van der Waals surface area contributed by atoms with E-state index in [1.165, 1.54) is 6.33 Å². The molecule has 0 fully saturated rings. The molecule has 0 N–H and O–H groups in total. The van der Waals surface area contributed by atoms with Gasteiger partial charge in [-0.05, 0) is 48.5 Å². The lowest BCUT2D eigenvalue weighted by atomic mass is 10.1. The average molecular weight is 366 g/mol. The molecule has 7 heteroatoms. The van der Waals surface area contributed by atoms with Gasteiger partial charge in [0.05, 0.1) is 25.0 Å². The van der Waals surface area contributed by atoms with Gasteiger partial charge in [-0.2, -0.15) is 10.2 Å². The molecular weight excluding hydrogens is 350 g/mol. The normalized spacial score (nSPS) is 10.8. The maximum atomic E-state index is 5.99. The summed E-state index contributed by atoms with van der Waals surface area (Å²) in [7, 11) is 1.65. The molecule has 4 aromatic rings. The van der Waals surface area contributed by atoms with Crippen molar-refractivity contribution in [2.75, 3.05) is 7.11 Å². The highest BCUT2D eigenvalue weighted by molar-refractivity contribution is 6.30. The van der Waals surface area contributed by atoms with Crippen LogP contribution >= 0.6 is 11.6 Å². The molecule has 0 radical (unpaired) electrons. The molecule has 0 bridgehead atoms. The summed E-state index contributed by atoms with van der Waals surface area (Å²) >= 11 is 5.99. The zero-order valence-corrected chi connectivity index (χ0v) is 14.8. The van der Waals surface area contributed by atoms with Gasteiger partial charge in [0.1, 0.15) is 18.4 Å². The Morgan fingerprint density at radius 3 is 2.46 bits per heavy atom. The van der Waals surface area contributed by atoms with Crippen molar-refractivity contribution in [2.45, 2.75) is 6.54 Å². The van der Waals surface area contributed by atoms with Crippen molar-refractivity contribution in [3.63, 3.8) is 0 Å². The van der Waals surface area contributed by atoms with Gasteiger partial charge in [-0.3, -0.25) is 0 Å². The zero-order valence-electron chi connectivity index (χ0n) is 14.1. The second-order valence-electron chi connectivity index (χ2n) is 5.75. The maximum Gasteiger partial charge on any atom is 0.137 e. The molecule has 0 aliphatic heterocycles. The standard InChI is InChI=1S/C19H16ClN5O/c1-26-18-8-2-14(3-9-18)19-15(10-24-13-21-12-22-24)11-25(23-19)17-6-4-16(20)5-7-17/h2-9,11-13H,10H2,1H3. The summed E-state index contributed by atoms with van der Waals surface area (Å²) in [6.07, 6.45) is 5.22. The number of nitrogens with zero attached hydrogens (tertiary/aromatic N) is 5. The highest BCUT2D eigenvalue weighted by atomic mass is 35.5. The van der Waals surface area contributed by atoms with E-state index >= 15 is 0 Å². The summed E-state index contributed by atoms with van der Waals surface area (Å²) in [6, 6.07) is 15.4. The van der Waals surface area contributed by atoms with Gasteiger partial charge in [0.2, 0.25) is 0 Å². The van der Waals surface area contributed by atoms with E-state index in [0.29, 0.717) is 11.6 Å². The SMILES string of the molecule is COc1ccc(-c2nn(-c3ccc(Cl)cc3)cc2Cn2cncn2)cc1. The smallest absolute Gasteiger partial charge is 0.137 e. The molecule has 0 amide bonds. The molecule has 0 saturated heterocycles. The first-order valence-corrected chi connectivity index (χ1v) is 8.42. The van der Waals surface area contributed by atoms with Gasteiger partial charge in [0, 0.05) is 22.3 Å². The Balaban J connectivity index is 1.77. The van der Waals surface area contributed by atoms with E-state index in [1.807, 2.05) is 59.4 Å². The number of halogens is 1. The molecule has 0 atom stereocenters. The first-order chi connectivity index (χ1) is 12.7. The topological polar surface area (TPSA) is 57.8 Å². The quantitative estimate of drug-likeness (QED) is 0.539. The number of methoxy groups -OCH3 is 1. The number of rotatable bonds is 5. The van der Waals surface area contributed by atoms with Crippen LogP contribution in [-0.2, 0) is 6.54 Å². The fourth-order valence-corrected chi connectivity index (χ4v) is 2.86. The number of benzene rings is 2. The van der Waals surface area contributed by atoms with E-state index in [0.717, 1.165) is 28.3 Å². The van der Waals surface area contributed by atoms with Crippen LogP contribution in [0.1, 0.15) is 5.56 Å². The molecule has 0 spiro atoms. The molecule has 130 valence electrons. The highest BCUT2D eigenvalue weighted by Crippen LogP contribution is 2.26. The predicted octanol–water partition coefficient (Wildman–Crippen LogP) is 3.84. The molecule has 26 heavy (non-hydrogen) atoms. The molecule has 0 unspecified atom stereocenters. The molecule has 0 aliphatic carbocycles. The fraction of sp³-hybridized carbons (Fsp3) is 0.105. The summed E-state index contributed by atoms with van der Waals surface area (Å²) in [5.74, 6) is 0.809. The minimum Gasteiger partial charge on any atom is -0.497 e. The number of hydrogen-bond acceptors (Lipinski definition) is 4. The van der Waals surface area contributed by atoms with Crippen LogP contribution in [0, 0.1) is 0 Å². The largest absolute Gasteiger partial charge is 0.497 e. The van der Waals surface area contributed by atoms with Gasteiger partial charge in [-0.1, -0.05) is 11.6 Å². The fourth-order valence-electron chi connectivity index (χ4n) is 2.73. The lowest BCUT2D eigenvalue weighted by Gasteiger charge is -2.04. The van der Waals surface area contributed by atoms with E-state index in [9.17, 15) is 0 Å². The molecule has 4 rings (SSSR count). The molecule has 6 nitrogen and oxygen atoms in total. The Morgan fingerprint density at radius 2 is 1.81 bits per heavy atom. The Labute approximate surface area is 155 Å². The molecule has 2 aromatic heterocycles. The second kappa shape index (κ2) is 7.01. The van der Waals surface area contributed by atoms with E-state index in [2.05, 4.69) is 10.1 Å². The van der Waals surface area contributed by atoms with Crippen molar-refractivity contribution in [3.05, 3.63) is 78.0 Å². The van der Waals surface area contributed by atoms with Gasteiger partial charge in [0.25, 0.3) is 0 Å². The van der Waals surface area contributed by atoms with Crippen LogP contribution in [-0.4, -0.2) is 31.7 Å². The van der Waals surface area contributed by atoms with Crippen LogP contribution < -0.4 is 4.74 Å². The van der Waals surface area contributed by atoms with Gasteiger partial charge >= 0.3 is 0 Å². The van der Waals surface area contributed by atoms with Gasteiger partial charge < -0.3 is 4.74 Å². The first kappa shape index (κ1) is 16.4. The van der Waals surface area contributed by atoms with E-state index in [-0.39, 0.29) is 0 Å². The summed E-state index contributed by atoms with van der Waals surface area (Å²) in [6.45, 7) is 0.578. The van der Waals surface area contributed by atoms with Crippen LogP contribution in [0.2, 0.25) is 5.02 Å². The Hall–Kier alpha value is -3.12. The van der Waals surface area contributed by atoms with Crippen LogP contribution in [0.25, 0.3) is 16.9 Å². The monoisotopic (exact) mass is 365 g/mol. The lowest BCUT2D eigenvalue weighted by molar-refractivity contribution is 0.415. The van der Waals surface area contributed by atoms with Crippen molar-refractivity contribution in [3.8, 4) is 22.7 Å². The van der Waals surface area contributed by atoms with Crippen molar-refractivity contribution >= 4 is 11.6 Å². The molecule has 2 heterocycles. The van der Waals surface area contributed by atoms with Crippen LogP contribution in [0.4, 0.5) is 0 Å². The van der Waals surface area contributed by atoms with E-state index < -0.39 is 0 Å². The van der Waals surface area contributed by atoms with Gasteiger partial charge in [-0.25, -0.2) is 14.3 Å². The Morgan fingerprint density at radius 1 is 1.04 bits per heavy atom. The lowest BCUT2D eigenvalue weighted by Crippen LogP contribution is -2.00. The predicted molar refractivity (Wildman–Crippen MR) is 99.7 cm³/mol. The Bertz CT molecular complexity index is 992. The van der Waals surface area contributed by atoms with Crippen molar-refractivity contribution in [1.82, 2.24) is 24.5 Å². The molecule has 2 aromatic carbocycles. The minimum absolute atomic E-state index is 0.578. The molecule has 0 aliphatic rings. The summed E-state index contributed by atoms with van der Waals surface area (Å²) in [5.41, 5.74) is 3.87.